The number of nitrogens with one attached hydrogen (secondary N) is 1. The number of hydrogen-bond donors (Lipinski definition) is 1. The van der Waals surface area contributed by atoms with Crippen molar-refractivity contribution in [1.29, 1.82) is 0 Å². The quantitative estimate of drug-likeness (QED) is 0.563. The topological polar surface area (TPSA) is 75.0 Å². The van der Waals surface area contributed by atoms with Gasteiger partial charge in [-0.25, -0.2) is 9.37 Å². The maximum atomic E-state index is 13.8. The molecule has 1 unspecified atom stereocenters. The number of anilines is 2. The highest BCUT2D eigenvalue weighted by atomic mass is 19.1. The lowest BCUT2D eigenvalue weighted by Gasteiger charge is -2.39. The maximum absolute atomic E-state index is 13.8. The van der Waals surface area contributed by atoms with Crippen LogP contribution in [0.15, 0.2) is 100 Å². The van der Waals surface area contributed by atoms with Crippen LogP contribution in [0.25, 0.3) is 0 Å². The van der Waals surface area contributed by atoms with E-state index in [0.717, 1.165) is 66.3 Å². The number of halogens is 1. The number of ether oxygens (including phenoxy) is 1. The zero-order valence-electron chi connectivity index (χ0n) is 20.7. The van der Waals surface area contributed by atoms with E-state index in [1.807, 2.05) is 12.1 Å². The van der Waals surface area contributed by atoms with Crippen molar-refractivity contribution < 1.29 is 9.13 Å². The van der Waals surface area contributed by atoms with Crippen LogP contribution in [0.4, 0.5) is 15.9 Å². The lowest BCUT2D eigenvalue weighted by Crippen LogP contribution is -2.40. The molecule has 0 radical (unpaired) electrons. The number of hydrogen-bond acceptors (Lipinski definition) is 7. The van der Waals surface area contributed by atoms with Crippen LogP contribution in [-0.2, 0) is 4.74 Å². The van der Waals surface area contributed by atoms with Gasteiger partial charge in [-0.05, 0) is 74.6 Å². The van der Waals surface area contributed by atoms with E-state index in [-0.39, 0.29) is 17.9 Å². The Morgan fingerprint density at radius 3 is 2.68 bits per heavy atom. The molecule has 6 rings (SSSR count). The van der Waals surface area contributed by atoms with Crippen LogP contribution in [0.1, 0.15) is 32.1 Å². The first kappa shape index (κ1) is 23.5. The predicted molar refractivity (Wildman–Crippen MR) is 144 cm³/mol. The van der Waals surface area contributed by atoms with Crippen molar-refractivity contribution in [1.82, 2.24) is 9.97 Å². The first-order valence-electron chi connectivity index (χ1n) is 12.8. The van der Waals surface area contributed by atoms with E-state index in [9.17, 15) is 4.39 Å². The Balaban J connectivity index is 1.43. The summed E-state index contributed by atoms with van der Waals surface area (Å²) in [6.45, 7) is 0. The minimum absolute atomic E-state index is 0.0148. The number of methoxy groups -OCH3 is 1. The van der Waals surface area contributed by atoms with Crippen molar-refractivity contribution in [3.05, 3.63) is 96.1 Å². The zero-order valence-corrected chi connectivity index (χ0v) is 20.7. The Morgan fingerprint density at radius 1 is 1.08 bits per heavy atom. The van der Waals surface area contributed by atoms with Crippen molar-refractivity contribution >= 4 is 22.9 Å². The molecule has 3 aliphatic carbocycles. The van der Waals surface area contributed by atoms with Crippen LogP contribution in [0.5, 0.6) is 0 Å². The van der Waals surface area contributed by atoms with Gasteiger partial charge in [0.05, 0.1) is 47.2 Å². The molecule has 0 amide bonds. The van der Waals surface area contributed by atoms with E-state index in [1.54, 1.807) is 25.7 Å². The molecule has 1 saturated carbocycles. The van der Waals surface area contributed by atoms with Gasteiger partial charge in [-0.15, -0.1) is 0 Å². The smallest absolute Gasteiger partial charge is 0.148 e. The molecule has 0 saturated heterocycles. The molecule has 8 heteroatoms. The summed E-state index contributed by atoms with van der Waals surface area (Å²) in [6.07, 6.45) is 20.5. The first-order chi connectivity index (χ1) is 18.2. The molecule has 1 aromatic heterocycles. The highest BCUT2D eigenvalue weighted by molar-refractivity contribution is 6.26. The van der Waals surface area contributed by atoms with Gasteiger partial charge in [0.2, 0.25) is 0 Å². The summed E-state index contributed by atoms with van der Waals surface area (Å²) in [6, 6.07) is 6.82. The molecule has 7 nitrogen and oxygen atoms in total. The van der Waals surface area contributed by atoms with E-state index in [4.69, 9.17) is 14.7 Å². The molecular formula is C29H29FN6O. The number of benzene rings is 1. The van der Waals surface area contributed by atoms with Gasteiger partial charge in [0, 0.05) is 30.9 Å². The minimum Gasteiger partial charge on any atom is -0.381 e. The number of rotatable bonds is 5. The van der Waals surface area contributed by atoms with E-state index >= 15 is 0 Å². The molecule has 188 valence electrons. The van der Waals surface area contributed by atoms with Gasteiger partial charge >= 0.3 is 0 Å². The van der Waals surface area contributed by atoms with Crippen molar-refractivity contribution in [3.8, 4) is 0 Å². The van der Waals surface area contributed by atoms with Crippen LogP contribution >= 0.6 is 0 Å². The van der Waals surface area contributed by atoms with E-state index in [0.29, 0.717) is 11.9 Å². The van der Waals surface area contributed by atoms with Gasteiger partial charge < -0.3 is 15.0 Å². The van der Waals surface area contributed by atoms with Gasteiger partial charge in [-0.1, -0.05) is 12.2 Å². The molecule has 37 heavy (non-hydrogen) atoms. The summed E-state index contributed by atoms with van der Waals surface area (Å²) < 4.78 is 19.4. The van der Waals surface area contributed by atoms with Crippen LogP contribution in [-0.4, -0.2) is 46.7 Å². The summed E-state index contributed by atoms with van der Waals surface area (Å²) in [5.74, 6) is 0.389. The van der Waals surface area contributed by atoms with Crippen LogP contribution < -0.4 is 10.2 Å². The fourth-order valence-corrected chi connectivity index (χ4v) is 5.30. The average Bonchev–Trinajstić information content (AvgIpc) is 2.94. The van der Waals surface area contributed by atoms with Crippen LogP contribution in [0.2, 0.25) is 0 Å². The van der Waals surface area contributed by atoms with Crippen molar-refractivity contribution in [3.63, 3.8) is 0 Å². The Bertz CT molecular complexity index is 1330. The molecule has 1 fully saturated rings. The summed E-state index contributed by atoms with van der Waals surface area (Å²) in [5.41, 5.74) is 5.44. The Morgan fingerprint density at radius 2 is 1.92 bits per heavy atom. The third-order valence-electron chi connectivity index (χ3n) is 7.20. The van der Waals surface area contributed by atoms with Gasteiger partial charge in [-0.3, -0.25) is 15.0 Å². The van der Waals surface area contributed by atoms with E-state index in [2.05, 4.69) is 50.6 Å². The highest BCUT2D eigenvalue weighted by Crippen LogP contribution is 2.37. The molecule has 2 aromatic rings. The monoisotopic (exact) mass is 496 g/mol. The summed E-state index contributed by atoms with van der Waals surface area (Å²) in [5, 5.41) is 3.42. The maximum Gasteiger partial charge on any atom is 0.148 e. The van der Waals surface area contributed by atoms with Gasteiger partial charge in [0.25, 0.3) is 0 Å². The number of nitrogens with zero attached hydrogens (tertiary/aromatic N) is 5. The third-order valence-corrected chi connectivity index (χ3v) is 7.20. The summed E-state index contributed by atoms with van der Waals surface area (Å²) in [7, 11) is 1.78. The van der Waals surface area contributed by atoms with E-state index < -0.39 is 0 Å². The largest absolute Gasteiger partial charge is 0.381 e. The average molecular weight is 497 g/mol. The molecule has 1 N–H and O–H groups in total. The lowest BCUT2D eigenvalue weighted by molar-refractivity contribution is 0.0667. The fraction of sp³-hybridized carbons (Fsp3) is 0.310. The zero-order chi connectivity index (χ0) is 25.2. The van der Waals surface area contributed by atoms with E-state index in [1.165, 1.54) is 12.1 Å². The Kier molecular flexibility index (Phi) is 6.49. The summed E-state index contributed by atoms with van der Waals surface area (Å²) in [4.78, 5) is 21.1. The second-order valence-electron chi connectivity index (χ2n) is 9.58. The summed E-state index contributed by atoms with van der Waals surface area (Å²) >= 11 is 0. The van der Waals surface area contributed by atoms with Crippen molar-refractivity contribution in [2.24, 2.45) is 9.98 Å². The molecular weight excluding hydrogens is 467 g/mol. The van der Waals surface area contributed by atoms with Gasteiger partial charge in [-0.2, -0.15) is 0 Å². The molecule has 0 bridgehead atoms. The van der Waals surface area contributed by atoms with Gasteiger partial charge in [0.15, 0.2) is 0 Å². The molecule has 4 aliphatic rings. The van der Waals surface area contributed by atoms with Crippen molar-refractivity contribution in [2.75, 3.05) is 17.3 Å². The molecule has 0 spiro atoms. The number of fused-ring (bicyclic) bond motifs is 2. The number of allylic oxidation sites excluding steroid dienone is 4. The lowest BCUT2D eigenvalue weighted by atomic mass is 9.92. The third kappa shape index (κ3) is 4.89. The Hall–Kier alpha value is -3.91. The van der Waals surface area contributed by atoms with Gasteiger partial charge in [0.1, 0.15) is 11.6 Å². The SMILES string of the molecule is COC1CCC(/N=C2\C=C3C(=NC4CC=CC=C4N3c3ccc(F)cc3)C=C2Nc2cnccn2)CC1. The predicted octanol–water partition coefficient (Wildman–Crippen LogP) is 5.38. The van der Waals surface area contributed by atoms with Crippen LogP contribution in [0.3, 0.4) is 0 Å². The second-order valence-corrected chi connectivity index (χ2v) is 9.58. The highest BCUT2D eigenvalue weighted by Gasteiger charge is 2.34. The molecule has 1 aromatic carbocycles. The number of aliphatic imine (C=N–C) groups is 2. The molecule has 1 aliphatic heterocycles. The normalized spacial score (nSPS) is 25.9. The Labute approximate surface area is 215 Å². The standard InChI is InChI=1S/C29H29FN6O/c1-37-22-12-8-20(9-13-22)33-25-17-28-26(16-24(25)35-29-18-31-14-15-32-29)34-23-4-2-3-5-27(23)36(28)21-10-6-19(30)7-11-21/h2-3,5-7,10-11,14-18,20,22-23H,4,8-9,12-13H2,1H3,(H,32,35)/b33-25+. The second kappa shape index (κ2) is 10.2. The number of aromatic nitrogens is 2. The first-order valence-corrected chi connectivity index (χ1v) is 12.8. The van der Waals surface area contributed by atoms with Crippen molar-refractivity contribution in [2.45, 2.75) is 50.3 Å². The van der Waals surface area contributed by atoms with Crippen LogP contribution in [0, 0.1) is 5.82 Å². The minimum atomic E-state index is -0.259. The molecule has 1 atom stereocenters. The fourth-order valence-electron chi connectivity index (χ4n) is 5.30. The molecule has 2 heterocycles.